The van der Waals surface area contributed by atoms with Crippen LogP contribution in [0.25, 0.3) is 21.7 Å². The molecular weight excluding hydrogens is 336 g/mol. The van der Waals surface area contributed by atoms with Gasteiger partial charge in [0.25, 0.3) is 11.5 Å². The molecule has 0 spiro atoms. The lowest BCUT2D eigenvalue weighted by Crippen LogP contribution is -2.42. The minimum absolute atomic E-state index is 0.00916. The monoisotopic (exact) mass is 348 g/mol. The van der Waals surface area contributed by atoms with Gasteiger partial charge in [-0.05, 0) is 18.2 Å². The van der Waals surface area contributed by atoms with E-state index >= 15 is 0 Å². The lowest BCUT2D eigenvalue weighted by Gasteiger charge is -2.07. The van der Waals surface area contributed by atoms with E-state index in [-0.39, 0.29) is 11.5 Å². The Morgan fingerprint density at radius 1 is 0.923 bits per heavy atom. The molecule has 2 amide bonds. The van der Waals surface area contributed by atoms with Crippen molar-refractivity contribution >= 4 is 33.6 Å². The summed E-state index contributed by atoms with van der Waals surface area (Å²) in [6.45, 7) is 0. The van der Waals surface area contributed by atoms with Gasteiger partial charge in [-0.15, -0.1) is 0 Å². The van der Waals surface area contributed by atoms with E-state index in [1.807, 2.05) is 12.1 Å². The van der Waals surface area contributed by atoms with Crippen LogP contribution in [0.3, 0.4) is 0 Å². The number of hydrogen-bond donors (Lipinski definition) is 3. The van der Waals surface area contributed by atoms with Gasteiger partial charge >= 0.3 is 5.91 Å². The number of hydrazine groups is 1. The van der Waals surface area contributed by atoms with Crippen molar-refractivity contribution in [2.45, 2.75) is 0 Å². The number of nitrogens with one attached hydrogen (secondary N) is 3. The maximum absolute atomic E-state index is 12.3. The molecule has 0 atom stereocenters. The number of benzene rings is 2. The van der Waals surface area contributed by atoms with Crippen molar-refractivity contribution in [3.8, 4) is 0 Å². The van der Waals surface area contributed by atoms with Gasteiger partial charge in [-0.3, -0.25) is 25.2 Å². The zero-order valence-corrected chi connectivity index (χ0v) is 13.3. The molecule has 26 heavy (non-hydrogen) atoms. The third kappa shape index (κ3) is 2.69. The highest BCUT2D eigenvalue weighted by Crippen LogP contribution is 2.18. The molecule has 4 rings (SSSR count). The maximum Gasteiger partial charge on any atom is 0.305 e. The Morgan fingerprint density at radius 2 is 1.62 bits per heavy atom. The number of rotatable bonds is 2. The lowest BCUT2D eigenvalue weighted by atomic mass is 10.1. The molecule has 8 nitrogen and oxygen atoms in total. The lowest BCUT2D eigenvalue weighted by molar-refractivity contribution is 0.0830. The van der Waals surface area contributed by atoms with Crippen molar-refractivity contribution in [2.75, 3.05) is 0 Å². The summed E-state index contributed by atoms with van der Waals surface area (Å²) >= 11 is 0. The van der Waals surface area contributed by atoms with Gasteiger partial charge in [0.2, 0.25) is 0 Å². The summed E-state index contributed by atoms with van der Waals surface area (Å²) in [5, 5.41) is 7.52. The van der Waals surface area contributed by atoms with Crippen LogP contribution in [-0.4, -0.2) is 22.0 Å². The second-order valence-electron chi connectivity index (χ2n) is 5.50. The quantitative estimate of drug-likeness (QED) is 0.477. The molecule has 2 heterocycles. The fourth-order valence-corrected chi connectivity index (χ4v) is 2.62. The van der Waals surface area contributed by atoms with Crippen LogP contribution in [0, 0.1) is 0 Å². The second kappa shape index (κ2) is 6.17. The van der Waals surface area contributed by atoms with E-state index in [1.165, 1.54) is 0 Å². The molecule has 2 aromatic carbocycles. The van der Waals surface area contributed by atoms with E-state index in [4.69, 9.17) is 4.42 Å². The molecule has 0 fully saturated rings. The summed E-state index contributed by atoms with van der Waals surface area (Å²) in [4.78, 5) is 36.3. The average Bonchev–Trinajstić information content (AvgIpc) is 3.11. The molecule has 0 radical (unpaired) electrons. The summed E-state index contributed by atoms with van der Waals surface area (Å²) in [6.07, 6.45) is 0. The van der Waals surface area contributed by atoms with Gasteiger partial charge in [0.15, 0.2) is 11.5 Å². The zero-order chi connectivity index (χ0) is 18.1. The van der Waals surface area contributed by atoms with Crippen molar-refractivity contribution in [3.05, 3.63) is 76.4 Å². The fraction of sp³-hybridized carbons (Fsp3) is 0. The Balaban J connectivity index is 1.55. The summed E-state index contributed by atoms with van der Waals surface area (Å²) < 4.78 is 5.43. The van der Waals surface area contributed by atoms with E-state index in [9.17, 15) is 14.4 Å². The Kier molecular flexibility index (Phi) is 3.70. The van der Waals surface area contributed by atoms with Crippen LogP contribution in [-0.2, 0) is 0 Å². The first-order valence-electron chi connectivity index (χ1n) is 7.70. The molecule has 0 aliphatic rings. The van der Waals surface area contributed by atoms with Gasteiger partial charge in [0.05, 0.1) is 5.39 Å². The number of para-hydroxylation sites is 1. The van der Waals surface area contributed by atoms with Gasteiger partial charge in [-0.1, -0.05) is 36.4 Å². The topological polar surface area (TPSA) is 117 Å². The summed E-state index contributed by atoms with van der Waals surface area (Å²) in [5.74, 6) is -1.21. The first-order chi connectivity index (χ1) is 12.6. The van der Waals surface area contributed by atoms with E-state index in [1.54, 1.807) is 42.5 Å². The highest BCUT2D eigenvalue weighted by Gasteiger charge is 2.17. The Hall–Kier alpha value is -3.94. The molecule has 0 aliphatic heterocycles. The van der Waals surface area contributed by atoms with Gasteiger partial charge in [0.1, 0.15) is 5.58 Å². The molecule has 3 N–H and O–H groups in total. The first-order valence-corrected chi connectivity index (χ1v) is 7.70. The first kappa shape index (κ1) is 15.6. The highest BCUT2D eigenvalue weighted by atomic mass is 16.3. The van der Waals surface area contributed by atoms with Gasteiger partial charge in [-0.2, -0.15) is 5.10 Å². The smallest absolute Gasteiger partial charge is 0.305 e. The average molecular weight is 348 g/mol. The molecule has 128 valence electrons. The number of aromatic amines is 1. The molecule has 0 saturated heterocycles. The molecule has 8 heteroatoms. The van der Waals surface area contributed by atoms with Crippen molar-refractivity contribution in [2.24, 2.45) is 0 Å². The largest absolute Gasteiger partial charge is 0.451 e. The molecule has 0 aliphatic carbocycles. The van der Waals surface area contributed by atoms with Crippen LogP contribution in [0.5, 0.6) is 0 Å². The van der Waals surface area contributed by atoms with Crippen LogP contribution in [0.4, 0.5) is 0 Å². The van der Waals surface area contributed by atoms with E-state index < -0.39 is 17.4 Å². The van der Waals surface area contributed by atoms with Gasteiger partial charge in [0, 0.05) is 10.8 Å². The standard InChI is InChI=1S/C18H12N4O4/c23-16-12-7-3-2-6-11(12)15(19-20-16)18(25)22-21-17(24)14-9-10-5-1-4-8-13(10)26-14/h1-9H,(H,20,23)(H,21,24)(H,22,25). The Morgan fingerprint density at radius 3 is 2.42 bits per heavy atom. The van der Waals surface area contributed by atoms with E-state index in [0.29, 0.717) is 16.4 Å². The number of furan rings is 1. The van der Waals surface area contributed by atoms with Crippen LogP contribution >= 0.6 is 0 Å². The third-order valence-corrected chi connectivity index (χ3v) is 3.85. The van der Waals surface area contributed by atoms with Crippen molar-refractivity contribution in [1.29, 1.82) is 0 Å². The molecule has 2 aromatic heterocycles. The number of carbonyl (C=O) groups is 2. The molecule has 0 unspecified atom stereocenters. The number of aromatic nitrogens is 2. The summed E-state index contributed by atoms with van der Waals surface area (Å²) in [7, 11) is 0. The highest BCUT2D eigenvalue weighted by molar-refractivity contribution is 6.06. The van der Waals surface area contributed by atoms with Crippen LogP contribution in [0.2, 0.25) is 0 Å². The predicted octanol–water partition coefficient (Wildman–Crippen LogP) is 1.74. The fourth-order valence-electron chi connectivity index (χ4n) is 2.62. The number of hydrogen-bond acceptors (Lipinski definition) is 5. The summed E-state index contributed by atoms with van der Waals surface area (Å²) in [6, 6.07) is 15.3. The van der Waals surface area contributed by atoms with Crippen LogP contribution < -0.4 is 16.4 Å². The summed E-state index contributed by atoms with van der Waals surface area (Å²) in [5.41, 5.74) is 4.70. The van der Waals surface area contributed by atoms with Crippen LogP contribution in [0.15, 0.2) is 63.8 Å². The Labute approximate surface area is 145 Å². The minimum Gasteiger partial charge on any atom is -0.451 e. The number of carbonyl (C=O) groups excluding carboxylic acids is 2. The molecule has 0 saturated carbocycles. The van der Waals surface area contributed by atoms with Crippen molar-refractivity contribution < 1.29 is 14.0 Å². The van der Waals surface area contributed by atoms with Gasteiger partial charge < -0.3 is 4.42 Å². The molecule has 0 bridgehead atoms. The minimum atomic E-state index is -0.665. The number of fused-ring (bicyclic) bond motifs is 2. The van der Waals surface area contributed by atoms with Crippen molar-refractivity contribution in [3.63, 3.8) is 0 Å². The normalized spacial score (nSPS) is 10.8. The predicted molar refractivity (Wildman–Crippen MR) is 93.5 cm³/mol. The Bertz CT molecular complexity index is 1180. The third-order valence-electron chi connectivity index (χ3n) is 3.85. The SMILES string of the molecule is O=C(NNC(=O)c1n[nH]c(=O)c2ccccc12)c1cc2ccccc2o1. The number of H-pyrrole nitrogens is 1. The zero-order valence-electron chi connectivity index (χ0n) is 13.3. The number of amides is 2. The van der Waals surface area contributed by atoms with Crippen molar-refractivity contribution in [1.82, 2.24) is 21.0 Å². The van der Waals surface area contributed by atoms with E-state index in [0.717, 1.165) is 5.39 Å². The van der Waals surface area contributed by atoms with E-state index in [2.05, 4.69) is 21.0 Å². The number of nitrogens with zero attached hydrogens (tertiary/aromatic N) is 1. The second-order valence-corrected chi connectivity index (χ2v) is 5.50. The van der Waals surface area contributed by atoms with Gasteiger partial charge in [-0.25, -0.2) is 5.10 Å². The molecular formula is C18H12N4O4. The molecule has 4 aromatic rings. The van der Waals surface area contributed by atoms with Crippen LogP contribution in [0.1, 0.15) is 21.0 Å². The maximum atomic E-state index is 12.3.